The van der Waals surface area contributed by atoms with Crippen molar-refractivity contribution >= 4 is 22.9 Å². The number of H-pyrrole nitrogens is 1. The van der Waals surface area contributed by atoms with E-state index < -0.39 is 17.8 Å². The number of rotatable bonds is 3. The van der Waals surface area contributed by atoms with Gasteiger partial charge in [-0.05, 0) is 13.2 Å². The Labute approximate surface area is 106 Å². The van der Waals surface area contributed by atoms with Crippen molar-refractivity contribution in [2.24, 2.45) is 0 Å². The van der Waals surface area contributed by atoms with E-state index >= 15 is 0 Å². The van der Waals surface area contributed by atoms with E-state index in [1.165, 1.54) is 24.9 Å². The Morgan fingerprint density at radius 3 is 2.72 bits per heavy atom. The average Bonchev–Trinajstić information content (AvgIpc) is 2.37. The van der Waals surface area contributed by atoms with Gasteiger partial charge in [-0.15, -0.1) is 0 Å². The fourth-order valence-electron chi connectivity index (χ4n) is 1.40. The van der Waals surface area contributed by atoms with Crippen LogP contribution in [-0.4, -0.2) is 42.5 Å². The molecular weight excluding hydrogens is 256 g/mol. The first kappa shape index (κ1) is 12.9. The molecular formula is C10H12N4O3S. The lowest BCUT2D eigenvalue weighted by atomic mass is 10.2. The normalized spacial score (nSPS) is 14.7. The van der Waals surface area contributed by atoms with Crippen molar-refractivity contribution in [1.29, 1.82) is 0 Å². The molecule has 2 aromatic heterocycles. The van der Waals surface area contributed by atoms with E-state index in [0.717, 1.165) is 0 Å². The second-order valence-corrected chi connectivity index (χ2v) is 4.52. The van der Waals surface area contributed by atoms with E-state index in [9.17, 15) is 15.0 Å². The number of hydrogen-bond donors (Lipinski definition) is 3. The van der Waals surface area contributed by atoms with Crippen LogP contribution in [0.25, 0.3) is 11.2 Å². The van der Waals surface area contributed by atoms with Crippen molar-refractivity contribution in [2.45, 2.75) is 24.3 Å². The lowest BCUT2D eigenvalue weighted by Crippen LogP contribution is -2.18. The zero-order valence-electron chi connectivity index (χ0n) is 9.78. The molecule has 8 heteroatoms. The molecule has 0 aliphatic carbocycles. The minimum Gasteiger partial charge on any atom is -0.390 e. The second kappa shape index (κ2) is 5.01. The van der Waals surface area contributed by atoms with Crippen LogP contribution in [0.4, 0.5) is 0 Å². The summed E-state index contributed by atoms with van der Waals surface area (Å²) in [6.45, 7) is 1.43. The first-order valence-electron chi connectivity index (χ1n) is 5.20. The van der Waals surface area contributed by atoms with Gasteiger partial charge in [-0.3, -0.25) is 9.78 Å². The molecule has 2 aromatic rings. The van der Waals surface area contributed by atoms with Crippen molar-refractivity contribution in [3.63, 3.8) is 0 Å². The van der Waals surface area contributed by atoms with Crippen molar-refractivity contribution < 1.29 is 10.2 Å². The van der Waals surface area contributed by atoms with Crippen LogP contribution in [-0.2, 0) is 0 Å². The Morgan fingerprint density at radius 2 is 2.11 bits per heavy atom. The Balaban J connectivity index is 2.59. The summed E-state index contributed by atoms with van der Waals surface area (Å²) in [6, 6.07) is 0. The number of thioether (sulfide) groups is 1. The van der Waals surface area contributed by atoms with Crippen LogP contribution >= 0.6 is 11.8 Å². The average molecular weight is 268 g/mol. The molecule has 2 unspecified atom stereocenters. The number of nitrogens with zero attached hydrogens (tertiary/aromatic N) is 3. The molecule has 0 saturated heterocycles. The van der Waals surface area contributed by atoms with Gasteiger partial charge in [0.2, 0.25) is 0 Å². The first-order valence-corrected chi connectivity index (χ1v) is 6.42. The molecule has 0 spiro atoms. The Morgan fingerprint density at radius 1 is 1.39 bits per heavy atom. The van der Waals surface area contributed by atoms with E-state index in [1.807, 2.05) is 0 Å². The molecule has 2 atom stereocenters. The fourth-order valence-corrected chi connectivity index (χ4v) is 1.77. The highest BCUT2D eigenvalue weighted by atomic mass is 32.2. The van der Waals surface area contributed by atoms with Gasteiger partial charge in [0.1, 0.15) is 6.10 Å². The summed E-state index contributed by atoms with van der Waals surface area (Å²) in [5.74, 6) is 0. The molecule has 0 aromatic carbocycles. The van der Waals surface area contributed by atoms with Gasteiger partial charge >= 0.3 is 0 Å². The molecule has 2 rings (SSSR count). The maximum absolute atomic E-state index is 11.7. The number of aliphatic hydroxyl groups is 2. The van der Waals surface area contributed by atoms with Crippen LogP contribution in [0.3, 0.4) is 0 Å². The third-order valence-corrected chi connectivity index (χ3v) is 2.95. The van der Waals surface area contributed by atoms with E-state index in [1.54, 1.807) is 6.26 Å². The third-order valence-electron chi connectivity index (χ3n) is 2.37. The molecule has 96 valence electrons. The molecule has 0 fully saturated rings. The predicted octanol–water partition coefficient (Wildman–Crippen LogP) is -0.151. The summed E-state index contributed by atoms with van der Waals surface area (Å²) in [6.07, 6.45) is 0.912. The standard InChI is InChI=1S/C10H12N4O3S/c1-4(15)7(16)5-3-11-8-6(12-5)9(17)14-10(13-8)18-2/h3-4,7,15-16H,1-2H3,(H,11,13,14,17). The van der Waals surface area contributed by atoms with E-state index in [0.29, 0.717) is 5.16 Å². The van der Waals surface area contributed by atoms with E-state index in [-0.39, 0.29) is 16.9 Å². The summed E-state index contributed by atoms with van der Waals surface area (Å²) < 4.78 is 0. The van der Waals surface area contributed by atoms with Crippen LogP contribution in [0.2, 0.25) is 0 Å². The number of aliphatic hydroxyl groups excluding tert-OH is 2. The Kier molecular flexibility index (Phi) is 3.60. The zero-order valence-corrected chi connectivity index (χ0v) is 10.6. The molecule has 18 heavy (non-hydrogen) atoms. The number of nitrogens with one attached hydrogen (secondary N) is 1. The molecule has 7 nitrogen and oxygen atoms in total. The molecule has 0 amide bonds. The van der Waals surface area contributed by atoms with Crippen molar-refractivity contribution in [3.05, 3.63) is 22.2 Å². The van der Waals surface area contributed by atoms with Crippen LogP contribution in [0, 0.1) is 0 Å². The SMILES string of the molecule is CSc1nc2ncc(C(O)C(C)O)nc2c(=O)[nH]1. The Hall–Kier alpha value is -1.51. The van der Waals surface area contributed by atoms with E-state index in [2.05, 4.69) is 19.9 Å². The molecule has 0 aliphatic rings. The maximum atomic E-state index is 11.7. The number of aromatic amines is 1. The molecule has 0 aliphatic heterocycles. The predicted molar refractivity (Wildman–Crippen MR) is 66.4 cm³/mol. The summed E-state index contributed by atoms with van der Waals surface area (Å²) >= 11 is 1.29. The topological polar surface area (TPSA) is 112 Å². The third kappa shape index (κ3) is 2.35. The van der Waals surface area contributed by atoms with Crippen LogP contribution in [0.1, 0.15) is 18.7 Å². The van der Waals surface area contributed by atoms with Gasteiger partial charge in [0, 0.05) is 0 Å². The highest BCUT2D eigenvalue weighted by molar-refractivity contribution is 7.98. The largest absolute Gasteiger partial charge is 0.390 e. The second-order valence-electron chi connectivity index (χ2n) is 3.73. The van der Waals surface area contributed by atoms with Gasteiger partial charge in [0.05, 0.1) is 18.0 Å². The molecule has 2 heterocycles. The van der Waals surface area contributed by atoms with Crippen LogP contribution < -0.4 is 5.56 Å². The van der Waals surface area contributed by atoms with Crippen LogP contribution in [0.5, 0.6) is 0 Å². The zero-order chi connectivity index (χ0) is 13.3. The molecule has 0 radical (unpaired) electrons. The summed E-state index contributed by atoms with van der Waals surface area (Å²) in [5.41, 5.74) is -0.0205. The van der Waals surface area contributed by atoms with E-state index in [4.69, 9.17) is 0 Å². The van der Waals surface area contributed by atoms with Crippen molar-refractivity contribution in [3.8, 4) is 0 Å². The lowest BCUT2D eigenvalue weighted by molar-refractivity contribution is 0.0278. The summed E-state index contributed by atoms with van der Waals surface area (Å²) in [7, 11) is 0. The molecule has 0 bridgehead atoms. The maximum Gasteiger partial charge on any atom is 0.279 e. The van der Waals surface area contributed by atoms with Crippen molar-refractivity contribution in [2.75, 3.05) is 6.26 Å². The van der Waals surface area contributed by atoms with Gasteiger partial charge in [-0.2, -0.15) is 0 Å². The minimum absolute atomic E-state index is 0.0463. The van der Waals surface area contributed by atoms with Gasteiger partial charge in [-0.1, -0.05) is 11.8 Å². The van der Waals surface area contributed by atoms with Gasteiger partial charge in [0.15, 0.2) is 16.3 Å². The smallest absolute Gasteiger partial charge is 0.279 e. The monoisotopic (exact) mass is 268 g/mol. The highest BCUT2D eigenvalue weighted by Crippen LogP contribution is 2.15. The quantitative estimate of drug-likeness (QED) is 0.524. The summed E-state index contributed by atoms with van der Waals surface area (Å²) in [5, 5.41) is 19.4. The highest BCUT2D eigenvalue weighted by Gasteiger charge is 2.17. The fraction of sp³-hybridized carbons (Fsp3) is 0.400. The number of hydrogen-bond acceptors (Lipinski definition) is 7. The van der Waals surface area contributed by atoms with Gasteiger partial charge < -0.3 is 10.2 Å². The van der Waals surface area contributed by atoms with Gasteiger partial charge in [0.25, 0.3) is 5.56 Å². The lowest BCUT2D eigenvalue weighted by Gasteiger charge is -2.12. The molecule has 0 saturated carbocycles. The molecule has 3 N–H and O–H groups in total. The van der Waals surface area contributed by atoms with Crippen molar-refractivity contribution in [1.82, 2.24) is 19.9 Å². The first-order chi connectivity index (χ1) is 8.52. The number of aromatic nitrogens is 4. The Bertz CT molecular complexity index is 628. The van der Waals surface area contributed by atoms with Gasteiger partial charge in [-0.25, -0.2) is 15.0 Å². The minimum atomic E-state index is -1.18. The summed E-state index contributed by atoms with van der Waals surface area (Å²) in [4.78, 5) is 26.3. The number of fused-ring (bicyclic) bond motifs is 1. The van der Waals surface area contributed by atoms with Crippen LogP contribution in [0.15, 0.2) is 16.1 Å².